The number of amides is 3. The van der Waals surface area contributed by atoms with E-state index >= 15 is 0 Å². The Kier molecular flexibility index (Phi) is 7.07. The number of hydrogen-bond donors (Lipinski definition) is 2. The van der Waals surface area contributed by atoms with Gasteiger partial charge in [-0.2, -0.15) is 0 Å². The fourth-order valence-corrected chi connectivity index (χ4v) is 4.24. The van der Waals surface area contributed by atoms with Crippen LogP contribution < -0.4 is 10.6 Å². The number of para-hydroxylation sites is 1. The first kappa shape index (κ1) is 21.9. The van der Waals surface area contributed by atoms with Crippen LogP contribution in [0.3, 0.4) is 0 Å². The van der Waals surface area contributed by atoms with E-state index in [9.17, 15) is 9.59 Å². The molecule has 1 aliphatic rings. The molecule has 5 nitrogen and oxygen atoms in total. The first-order valence-corrected chi connectivity index (χ1v) is 11.2. The van der Waals surface area contributed by atoms with Crippen molar-refractivity contribution in [3.63, 3.8) is 0 Å². The molecule has 1 aliphatic heterocycles. The molecule has 1 saturated heterocycles. The number of hydrogen-bond acceptors (Lipinski definition) is 2. The number of nitrogens with zero attached hydrogens (tertiary/aromatic N) is 1. The van der Waals surface area contributed by atoms with Gasteiger partial charge in [-0.3, -0.25) is 4.79 Å². The first-order valence-electron chi connectivity index (χ1n) is 10.8. The minimum absolute atomic E-state index is 0.0867. The average Bonchev–Trinajstić information content (AvgIpc) is 2.83. The van der Waals surface area contributed by atoms with Crippen LogP contribution >= 0.6 is 11.6 Å². The van der Waals surface area contributed by atoms with E-state index < -0.39 is 0 Å². The lowest BCUT2D eigenvalue weighted by Crippen LogP contribution is -2.41. The Morgan fingerprint density at radius 3 is 2.59 bits per heavy atom. The molecule has 0 spiro atoms. The second-order valence-corrected chi connectivity index (χ2v) is 8.46. The van der Waals surface area contributed by atoms with E-state index in [0.29, 0.717) is 23.7 Å². The molecule has 3 aromatic rings. The fourth-order valence-electron chi connectivity index (χ4n) is 4.02. The van der Waals surface area contributed by atoms with Gasteiger partial charge in [-0.05, 0) is 60.4 Å². The quantitative estimate of drug-likeness (QED) is 0.528. The van der Waals surface area contributed by atoms with Gasteiger partial charge in [-0.1, -0.05) is 54.1 Å². The van der Waals surface area contributed by atoms with E-state index in [1.165, 1.54) is 0 Å². The van der Waals surface area contributed by atoms with Crippen molar-refractivity contribution in [1.29, 1.82) is 0 Å². The van der Waals surface area contributed by atoms with Crippen molar-refractivity contribution in [2.45, 2.75) is 25.3 Å². The van der Waals surface area contributed by atoms with Crippen molar-refractivity contribution in [3.05, 3.63) is 101 Å². The predicted octanol–water partition coefficient (Wildman–Crippen LogP) is 5.68. The number of anilines is 1. The van der Waals surface area contributed by atoms with Crippen LogP contribution in [-0.2, 0) is 6.54 Å². The van der Waals surface area contributed by atoms with Crippen molar-refractivity contribution in [3.8, 4) is 0 Å². The average molecular weight is 448 g/mol. The number of carbonyl (C=O) groups is 2. The third-order valence-electron chi connectivity index (χ3n) is 5.70. The van der Waals surface area contributed by atoms with E-state index in [4.69, 9.17) is 11.6 Å². The molecule has 3 amide bonds. The number of likely N-dealkylation sites (tertiary alicyclic amines) is 1. The molecule has 3 aromatic carbocycles. The van der Waals surface area contributed by atoms with Crippen molar-refractivity contribution >= 4 is 29.2 Å². The van der Waals surface area contributed by atoms with E-state index in [2.05, 4.69) is 10.6 Å². The van der Waals surface area contributed by atoms with Crippen LogP contribution in [0.4, 0.5) is 10.5 Å². The molecule has 1 unspecified atom stereocenters. The molecule has 32 heavy (non-hydrogen) atoms. The van der Waals surface area contributed by atoms with Gasteiger partial charge in [0.2, 0.25) is 0 Å². The van der Waals surface area contributed by atoms with E-state index in [0.717, 1.165) is 36.2 Å². The van der Waals surface area contributed by atoms with Gasteiger partial charge in [0, 0.05) is 41.8 Å². The predicted molar refractivity (Wildman–Crippen MR) is 128 cm³/mol. The molecule has 6 heteroatoms. The molecule has 1 heterocycles. The maximum Gasteiger partial charge on any atom is 0.321 e. The van der Waals surface area contributed by atoms with Crippen LogP contribution in [0, 0.1) is 0 Å². The van der Waals surface area contributed by atoms with Crippen LogP contribution in [0.25, 0.3) is 0 Å². The summed E-state index contributed by atoms with van der Waals surface area (Å²) < 4.78 is 0. The number of urea groups is 1. The minimum atomic E-state index is -0.124. The first-order chi connectivity index (χ1) is 15.6. The number of benzene rings is 3. The summed E-state index contributed by atoms with van der Waals surface area (Å²) in [4.78, 5) is 27.3. The SMILES string of the molecule is O=C(NCc1cccc(Cl)c1)c1cccc(C2CCCN(C(=O)Nc3ccccc3)C2)c1. The van der Waals surface area contributed by atoms with E-state index in [1.54, 1.807) is 0 Å². The van der Waals surface area contributed by atoms with Gasteiger partial charge >= 0.3 is 6.03 Å². The van der Waals surface area contributed by atoms with Crippen LogP contribution in [0.15, 0.2) is 78.9 Å². The maximum absolute atomic E-state index is 12.7. The highest BCUT2D eigenvalue weighted by Gasteiger charge is 2.25. The Hall–Kier alpha value is -3.31. The van der Waals surface area contributed by atoms with Crippen molar-refractivity contribution in [2.75, 3.05) is 18.4 Å². The summed E-state index contributed by atoms with van der Waals surface area (Å²) in [5.74, 6) is 0.0762. The lowest BCUT2D eigenvalue weighted by atomic mass is 9.89. The molecule has 1 atom stereocenters. The molecule has 0 aromatic heterocycles. The Morgan fingerprint density at radius 2 is 1.78 bits per heavy atom. The Labute approximate surface area is 193 Å². The zero-order valence-electron chi connectivity index (χ0n) is 17.8. The van der Waals surface area contributed by atoms with Gasteiger partial charge in [0.1, 0.15) is 0 Å². The van der Waals surface area contributed by atoms with Crippen molar-refractivity contribution in [1.82, 2.24) is 10.2 Å². The summed E-state index contributed by atoms with van der Waals surface area (Å²) >= 11 is 6.02. The zero-order valence-corrected chi connectivity index (χ0v) is 18.5. The molecule has 0 saturated carbocycles. The molecule has 2 N–H and O–H groups in total. The van der Waals surface area contributed by atoms with Gasteiger partial charge in [0.05, 0.1) is 0 Å². The second kappa shape index (κ2) is 10.3. The smallest absolute Gasteiger partial charge is 0.321 e. The standard InChI is InChI=1S/C26H26ClN3O2/c27-23-11-4-7-19(15-23)17-28-25(31)21-9-5-8-20(16-21)22-10-6-14-30(18-22)26(32)29-24-12-2-1-3-13-24/h1-5,7-9,11-13,15-16,22H,6,10,14,17-18H2,(H,28,31)(H,29,32). The molecule has 0 bridgehead atoms. The third-order valence-corrected chi connectivity index (χ3v) is 5.93. The normalized spacial score (nSPS) is 15.8. The summed E-state index contributed by atoms with van der Waals surface area (Å²) in [5.41, 5.74) is 3.44. The number of halogens is 1. The molecule has 0 aliphatic carbocycles. The molecule has 1 fully saturated rings. The summed E-state index contributed by atoms with van der Waals surface area (Å²) in [5, 5.41) is 6.57. The Morgan fingerprint density at radius 1 is 0.969 bits per heavy atom. The summed E-state index contributed by atoms with van der Waals surface area (Å²) in [7, 11) is 0. The molecule has 4 rings (SSSR count). The van der Waals surface area contributed by atoms with Crippen LogP contribution in [-0.4, -0.2) is 29.9 Å². The Bertz CT molecular complexity index is 1090. The zero-order chi connectivity index (χ0) is 22.3. The summed E-state index contributed by atoms with van der Waals surface area (Å²) in [6, 6.07) is 24.6. The van der Waals surface area contributed by atoms with Gasteiger partial charge in [-0.15, -0.1) is 0 Å². The van der Waals surface area contributed by atoms with Crippen LogP contribution in [0.5, 0.6) is 0 Å². The lowest BCUT2D eigenvalue weighted by Gasteiger charge is -2.33. The third kappa shape index (κ3) is 5.68. The van der Waals surface area contributed by atoms with Gasteiger partial charge < -0.3 is 15.5 Å². The molecule has 0 radical (unpaired) electrons. The summed E-state index contributed by atoms with van der Waals surface area (Å²) in [6.45, 7) is 1.78. The van der Waals surface area contributed by atoms with Gasteiger partial charge in [0.15, 0.2) is 0 Å². The monoisotopic (exact) mass is 447 g/mol. The molecule has 164 valence electrons. The van der Waals surface area contributed by atoms with Gasteiger partial charge in [-0.25, -0.2) is 4.79 Å². The fraction of sp³-hybridized carbons (Fsp3) is 0.231. The Balaban J connectivity index is 1.38. The van der Waals surface area contributed by atoms with Gasteiger partial charge in [0.25, 0.3) is 5.91 Å². The topological polar surface area (TPSA) is 61.4 Å². The number of rotatable bonds is 5. The minimum Gasteiger partial charge on any atom is -0.348 e. The van der Waals surface area contributed by atoms with E-state index in [1.807, 2.05) is 83.8 Å². The van der Waals surface area contributed by atoms with E-state index in [-0.39, 0.29) is 17.9 Å². The lowest BCUT2D eigenvalue weighted by molar-refractivity contribution is 0.0950. The second-order valence-electron chi connectivity index (χ2n) is 8.02. The largest absolute Gasteiger partial charge is 0.348 e. The molecular weight excluding hydrogens is 422 g/mol. The van der Waals surface area contributed by atoms with Crippen molar-refractivity contribution in [2.24, 2.45) is 0 Å². The summed E-state index contributed by atoms with van der Waals surface area (Å²) in [6.07, 6.45) is 1.92. The highest BCUT2D eigenvalue weighted by Crippen LogP contribution is 2.28. The van der Waals surface area contributed by atoms with Crippen molar-refractivity contribution < 1.29 is 9.59 Å². The highest BCUT2D eigenvalue weighted by atomic mass is 35.5. The number of carbonyl (C=O) groups excluding carboxylic acids is 2. The number of nitrogens with one attached hydrogen (secondary N) is 2. The highest BCUT2D eigenvalue weighted by molar-refractivity contribution is 6.30. The van der Waals surface area contributed by atoms with Crippen LogP contribution in [0.1, 0.15) is 40.2 Å². The van der Waals surface area contributed by atoms with Crippen LogP contribution in [0.2, 0.25) is 5.02 Å². The molecular formula is C26H26ClN3O2. The maximum atomic E-state index is 12.7. The number of piperidine rings is 1.